The summed E-state index contributed by atoms with van der Waals surface area (Å²) in [5.74, 6) is -1.38. The van der Waals surface area contributed by atoms with Crippen molar-refractivity contribution >= 4 is 35.0 Å². The van der Waals surface area contributed by atoms with Crippen molar-refractivity contribution in [3.8, 4) is 10.4 Å². The van der Waals surface area contributed by atoms with Gasteiger partial charge in [-0.3, -0.25) is 19.2 Å². The Labute approximate surface area is 318 Å². The number of hydrogen-bond acceptors (Lipinski definition) is 9. The number of azide groups is 1. The molecular weight excluding hydrogens is 693 g/mol. The van der Waals surface area contributed by atoms with Gasteiger partial charge in [0.2, 0.25) is 17.7 Å². The second-order valence-corrected chi connectivity index (χ2v) is 16.0. The molecule has 1 fully saturated rings. The molecule has 13 nitrogen and oxygen atoms in total. The third-order valence-electron chi connectivity index (χ3n) is 9.65. The van der Waals surface area contributed by atoms with Crippen LogP contribution in [0.5, 0.6) is 0 Å². The van der Waals surface area contributed by atoms with Gasteiger partial charge in [0.05, 0.1) is 28.7 Å². The summed E-state index contributed by atoms with van der Waals surface area (Å²) in [5.41, 5.74) is 18.1. The molecule has 0 spiro atoms. The van der Waals surface area contributed by atoms with Crippen molar-refractivity contribution in [2.45, 2.75) is 142 Å². The van der Waals surface area contributed by atoms with Gasteiger partial charge in [0.1, 0.15) is 18.2 Å². The fourth-order valence-corrected chi connectivity index (χ4v) is 7.36. The summed E-state index contributed by atoms with van der Waals surface area (Å²) in [5, 5.41) is 9.56. The van der Waals surface area contributed by atoms with Gasteiger partial charge in [-0.1, -0.05) is 88.7 Å². The molecule has 0 aliphatic carbocycles. The quantitative estimate of drug-likeness (QED) is 0.0370. The number of amides is 3. The van der Waals surface area contributed by atoms with Crippen LogP contribution in [0.1, 0.15) is 128 Å². The van der Waals surface area contributed by atoms with Crippen LogP contribution in [0.15, 0.2) is 34.9 Å². The van der Waals surface area contributed by atoms with E-state index in [1.165, 1.54) is 17.7 Å². The maximum atomic E-state index is 14.3. The molecule has 4 N–H and O–H groups in total. The van der Waals surface area contributed by atoms with Crippen LogP contribution in [0.25, 0.3) is 20.9 Å². The van der Waals surface area contributed by atoms with E-state index in [-0.39, 0.29) is 43.1 Å². The molecule has 3 amide bonds. The van der Waals surface area contributed by atoms with Gasteiger partial charge in [0.25, 0.3) is 0 Å². The second-order valence-electron chi connectivity index (χ2n) is 15.1. The maximum absolute atomic E-state index is 14.3. The van der Waals surface area contributed by atoms with Crippen LogP contribution in [-0.2, 0) is 23.9 Å². The minimum atomic E-state index is -0.904. The highest BCUT2D eigenvalue weighted by Gasteiger charge is 2.46. The average Bonchev–Trinajstić information content (AvgIpc) is 3.75. The number of nitrogens with two attached hydrogens (primary N) is 1. The zero-order valence-corrected chi connectivity index (χ0v) is 33.1. The summed E-state index contributed by atoms with van der Waals surface area (Å²) in [4.78, 5) is 63.8. The predicted octanol–water partition coefficient (Wildman–Crippen LogP) is 7.29. The van der Waals surface area contributed by atoms with Crippen LogP contribution in [0, 0.1) is 12.3 Å². The highest BCUT2D eigenvalue weighted by molar-refractivity contribution is 7.13. The number of nitrogens with one attached hydrogen (secondary N) is 2. The third-order valence-corrected chi connectivity index (χ3v) is 10.6. The van der Waals surface area contributed by atoms with Crippen LogP contribution >= 0.6 is 11.3 Å². The fraction of sp³-hybridized carbons (Fsp3) is 0.667. The van der Waals surface area contributed by atoms with E-state index in [0.29, 0.717) is 25.8 Å². The number of aryl methyl sites for hydroxylation is 1. The van der Waals surface area contributed by atoms with E-state index in [2.05, 4.69) is 25.6 Å². The van der Waals surface area contributed by atoms with Crippen molar-refractivity contribution in [2.24, 2.45) is 16.3 Å². The first-order chi connectivity index (χ1) is 25.3. The molecule has 292 valence electrons. The number of hydrogen-bond donors (Lipinski definition) is 3. The standard InChI is InChI=1S/C39H60N8O5S/c1-27(29-18-20-30(21-19-29)35-28(2)42-26-53-35)44-37(50)32-24-31(52-34(49)17-13-15-23-43-46-41)25-47(32)38(51)36(39(3,4)5)45-33(48)16-12-10-8-6-7-9-11-14-22-40/h18-21,26-27,31-32,36H,6-17,22-25,40H2,1-5H3,(H,44,50)(H,45,48)/t27-,31+,32-,36+/m0/s1. The SMILES string of the molecule is Cc1ncsc1-c1ccc([C@H](C)NC(=O)[C@@H]2C[C@@H](OC(=O)CCCCN=[N+]=[N-])CN2C(=O)[C@@H](NC(=O)CCCCCCCCCCN)C(C)(C)C)cc1. The lowest BCUT2D eigenvalue weighted by Gasteiger charge is -2.35. The number of thiazole rings is 1. The number of benzene rings is 1. The Balaban J connectivity index is 1.69. The molecule has 4 atom stereocenters. The van der Waals surface area contributed by atoms with Crippen LogP contribution in [0.3, 0.4) is 0 Å². The molecule has 1 aromatic carbocycles. The summed E-state index contributed by atoms with van der Waals surface area (Å²) in [6.45, 7) is 10.6. The molecule has 1 aliphatic heterocycles. The first kappa shape index (κ1) is 43.4. The van der Waals surface area contributed by atoms with E-state index in [1.54, 1.807) is 11.3 Å². The number of rotatable bonds is 22. The molecule has 0 unspecified atom stereocenters. The molecule has 53 heavy (non-hydrogen) atoms. The number of esters is 1. The van der Waals surface area contributed by atoms with Gasteiger partial charge in [-0.25, -0.2) is 4.98 Å². The Morgan fingerprint density at radius 1 is 1.00 bits per heavy atom. The number of aromatic nitrogens is 1. The van der Waals surface area contributed by atoms with E-state index < -0.39 is 29.6 Å². The normalized spacial score (nSPS) is 16.8. The smallest absolute Gasteiger partial charge is 0.306 e. The topological polar surface area (TPSA) is 192 Å². The summed E-state index contributed by atoms with van der Waals surface area (Å²) in [6, 6.07) is 5.80. The van der Waals surface area contributed by atoms with Gasteiger partial charge in [0.15, 0.2) is 0 Å². The van der Waals surface area contributed by atoms with Gasteiger partial charge in [-0.05, 0) is 68.1 Å². The number of unbranched alkanes of at least 4 members (excludes halogenated alkanes) is 8. The summed E-state index contributed by atoms with van der Waals surface area (Å²) in [6.07, 6.45) is 9.36. The molecule has 3 rings (SSSR count). The summed E-state index contributed by atoms with van der Waals surface area (Å²) in [7, 11) is 0. The van der Waals surface area contributed by atoms with E-state index in [4.69, 9.17) is 16.0 Å². The lowest BCUT2D eigenvalue weighted by molar-refractivity contribution is -0.149. The Hall–Kier alpha value is -4.00. The van der Waals surface area contributed by atoms with Gasteiger partial charge < -0.3 is 26.0 Å². The van der Waals surface area contributed by atoms with Crippen molar-refractivity contribution < 1.29 is 23.9 Å². The number of likely N-dealkylation sites (tertiary alicyclic amines) is 1. The molecule has 1 aliphatic rings. The Morgan fingerprint density at radius 2 is 1.64 bits per heavy atom. The van der Waals surface area contributed by atoms with Crippen LogP contribution in [0.4, 0.5) is 0 Å². The molecule has 0 radical (unpaired) electrons. The van der Waals surface area contributed by atoms with E-state index in [0.717, 1.165) is 66.8 Å². The minimum absolute atomic E-state index is 0.0341. The predicted molar refractivity (Wildman–Crippen MR) is 209 cm³/mol. The fourth-order valence-electron chi connectivity index (χ4n) is 6.55. The number of carbonyl (C=O) groups excluding carboxylic acids is 4. The molecule has 1 aromatic heterocycles. The van der Waals surface area contributed by atoms with Crippen molar-refractivity contribution in [3.05, 3.63) is 51.5 Å². The van der Waals surface area contributed by atoms with Crippen LogP contribution in [0.2, 0.25) is 0 Å². The molecule has 2 aromatic rings. The average molecular weight is 753 g/mol. The second kappa shape index (κ2) is 22.3. The van der Waals surface area contributed by atoms with E-state index >= 15 is 0 Å². The summed E-state index contributed by atoms with van der Waals surface area (Å²) < 4.78 is 5.77. The van der Waals surface area contributed by atoms with Crippen LogP contribution in [-0.4, -0.2) is 71.4 Å². The highest BCUT2D eigenvalue weighted by atomic mass is 32.1. The molecule has 14 heteroatoms. The zero-order valence-electron chi connectivity index (χ0n) is 32.3. The first-order valence-electron chi connectivity index (χ1n) is 19.2. The lowest BCUT2D eigenvalue weighted by Crippen LogP contribution is -2.57. The monoisotopic (exact) mass is 752 g/mol. The van der Waals surface area contributed by atoms with Crippen molar-refractivity contribution in [3.63, 3.8) is 0 Å². The molecular formula is C39H60N8O5S. The van der Waals surface area contributed by atoms with Gasteiger partial charge in [-0.2, -0.15) is 0 Å². The Kier molecular flexibility index (Phi) is 18.2. The van der Waals surface area contributed by atoms with Crippen molar-refractivity contribution in [1.82, 2.24) is 20.5 Å². The first-order valence-corrected chi connectivity index (χ1v) is 20.0. The van der Waals surface area contributed by atoms with E-state index in [1.807, 2.05) is 64.4 Å². The number of ether oxygens (including phenoxy) is 1. The number of carbonyl (C=O) groups is 4. The Bertz CT molecular complexity index is 1520. The van der Waals surface area contributed by atoms with Crippen molar-refractivity contribution in [2.75, 3.05) is 19.6 Å². The van der Waals surface area contributed by atoms with Crippen LogP contribution < -0.4 is 16.4 Å². The van der Waals surface area contributed by atoms with Crippen molar-refractivity contribution in [1.29, 1.82) is 0 Å². The highest BCUT2D eigenvalue weighted by Crippen LogP contribution is 2.30. The molecule has 2 heterocycles. The number of nitrogens with zero attached hydrogens (tertiary/aromatic N) is 5. The van der Waals surface area contributed by atoms with Gasteiger partial charge in [-0.15, -0.1) is 11.3 Å². The largest absolute Gasteiger partial charge is 0.460 e. The molecule has 1 saturated heterocycles. The zero-order chi connectivity index (χ0) is 38.8. The molecule has 0 saturated carbocycles. The lowest BCUT2D eigenvalue weighted by atomic mass is 9.85. The van der Waals surface area contributed by atoms with Gasteiger partial charge >= 0.3 is 5.97 Å². The van der Waals surface area contributed by atoms with E-state index in [9.17, 15) is 19.2 Å². The molecule has 0 bridgehead atoms. The summed E-state index contributed by atoms with van der Waals surface area (Å²) >= 11 is 1.57. The Morgan fingerprint density at radius 3 is 2.25 bits per heavy atom. The maximum Gasteiger partial charge on any atom is 0.306 e. The minimum Gasteiger partial charge on any atom is -0.460 e. The van der Waals surface area contributed by atoms with Gasteiger partial charge in [0, 0.05) is 30.7 Å². The third kappa shape index (κ3) is 14.4.